The van der Waals surface area contributed by atoms with Gasteiger partial charge in [-0.05, 0) is 11.5 Å². The second kappa shape index (κ2) is 5.18. The van der Waals surface area contributed by atoms with E-state index in [9.17, 15) is 9.36 Å². The molecule has 0 aromatic carbocycles. The van der Waals surface area contributed by atoms with Gasteiger partial charge < -0.3 is 9.84 Å². The van der Waals surface area contributed by atoms with E-state index in [1.165, 1.54) is 14.0 Å². The third kappa shape index (κ3) is 3.41. The highest BCUT2D eigenvalue weighted by molar-refractivity contribution is 7.18. The molecule has 0 rings (SSSR count). The Morgan fingerprint density at radius 1 is 1.64 bits per heavy atom. The van der Waals surface area contributed by atoms with Gasteiger partial charge in [0, 0.05) is 7.11 Å². The number of methoxy groups -OCH3 is 1. The predicted octanol–water partition coefficient (Wildman–Crippen LogP) is -0.136. The fourth-order valence-electron chi connectivity index (χ4n) is 0.589. The summed E-state index contributed by atoms with van der Waals surface area (Å²) in [7, 11) is 0.0925. The molecule has 11 heavy (non-hydrogen) atoms. The van der Waals surface area contributed by atoms with Gasteiger partial charge in [-0.15, -0.1) is 0 Å². The summed E-state index contributed by atoms with van der Waals surface area (Å²) in [6.07, 6.45) is -2.03. The molecule has 1 N–H and O–H groups in total. The Labute approximate surface area is 65.6 Å². The van der Waals surface area contributed by atoms with E-state index in [4.69, 9.17) is 5.11 Å². The molecule has 0 heterocycles. The van der Waals surface area contributed by atoms with Gasteiger partial charge >= 0.3 is 14.7 Å². The summed E-state index contributed by atoms with van der Waals surface area (Å²) in [4.78, 5) is 10.7. The Morgan fingerprint density at radius 3 is 2.45 bits per heavy atom. The maximum Gasteiger partial charge on any atom is 0.545 e. The molecule has 0 aromatic rings. The quantitative estimate of drug-likeness (QED) is 0.611. The highest BCUT2D eigenvalue weighted by Gasteiger charge is 2.27. The molecular formula is C5H10O5P+. The van der Waals surface area contributed by atoms with Crippen molar-refractivity contribution < 1.29 is 23.7 Å². The van der Waals surface area contributed by atoms with E-state index in [1.54, 1.807) is 0 Å². The number of aliphatic hydroxyl groups is 1. The molecule has 5 nitrogen and oxygen atoms in total. The number of carbonyl (C=O) groups is 1. The Balaban J connectivity index is 4.02. The number of aliphatic hydroxyl groups excluding tert-OH is 1. The lowest BCUT2D eigenvalue weighted by atomic mass is 10.2. The highest BCUT2D eigenvalue weighted by Crippen LogP contribution is 2.05. The van der Waals surface area contributed by atoms with E-state index in [2.05, 4.69) is 9.26 Å². The fraction of sp³-hybridized carbons (Fsp3) is 0.800. The largest absolute Gasteiger partial charge is 0.545 e. The second-order valence-corrected chi connectivity index (χ2v) is 2.27. The highest BCUT2D eigenvalue weighted by atomic mass is 31.1. The first-order valence-electron chi connectivity index (χ1n) is 2.92. The summed E-state index contributed by atoms with van der Waals surface area (Å²) in [6, 6.07) is 0. The fourth-order valence-corrected chi connectivity index (χ4v) is 0.788. The summed E-state index contributed by atoms with van der Waals surface area (Å²) < 4.78 is 18.5. The van der Waals surface area contributed by atoms with Crippen LogP contribution in [0.25, 0.3) is 0 Å². The first-order chi connectivity index (χ1) is 5.13. The lowest BCUT2D eigenvalue weighted by Crippen LogP contribution is -2.33. The van der Waals surface area contributed by atoms with Gasteiger partial charge in [0.1, 0.15) is 0 Å². The third-order valence-corrected chi connectivity index (χ3v) is 1.35. The molecule has 0 aliphatic carbocycles. The van der Waals surface area contributed by atoms with Crippen LogP contribution < -0.4 is 0 Å². The van der Waals surface area contributed by atoms with Crippen molar-refractivity contribution in [2.45, 2.75) is 19.1 Å². The monoisotopic (exact) mass is 181 g/mol. The van der Waals surface area contributed by atoms with Crippen molar-refractivity contribution >= 4 is 14.7 Å². The van der Waals surface area contributed by atoms with Crippen LogP contribution in [-0.4, -0.2) is 30.4 Å². The molecule has 0 radical (unpaired) electrons. The zero-order valence-corrected chi connectivity index (χ0v) is 7.23. The van der Waals surface area contributed by atoms with Gasteiger partial charge in [0.25, 0.3) is 0 Å². The smallest absolute Gasteiger partial charge is 0.390 e. The number of ether oxygens (including phenoxy) is 1. The van der Waals surface area contributed by atoms with Crippen LogP contribution in [0, 0.1) is 0 Å². The average molecular weight is 181 g/mol. The Morgan fingerprint density at radius 2 is 2.18 bits per heavy atom. The Hall–Kier alpha value is -0.510. The normalized spacial score (nSPS) is 15.9. The van der Waals surface area contributed by atoms with E-state index in [0.717, 1.165) is 0 Å². The van der Waals surface area contributed by atoms with Crippen LogP contribution in [0.1, 0.15) is 6.92 Å². The Bertz CT molecular complexity index is 146. The molecule has 0 amide bonds. The molecule has 0 bridgehead atoms. The molecule has 0 spiro atoms. The minimum Gasteiger partial charge on any atom is -0.390 e. The molecule has 6 heteroatoms. The van der Waals surface area contributed by atoms with Crippen molar-refractivity contribution in [3.05, 3.63) is 0 Å². The van der Waals surface area contributed by atoms with Crippen molar-refractivity contribution in [1.29, 1.82) is 0 Å². The van der Waals surface area contributed by atoms with Crippen LogP contribution in [-0.2, 0) is 18.6 Å². The average Bonchev–Trinajstić information content (AvgIpc) is 1.88. The SMILES string of the molecule is COC(C(=O)O[PH+]=O)C(C)O. The molecule has 0 saturated carbocycles. The van der Waals surface area contributed by atoms with Crippen molar-refractivity contribution in [2.75, 3.05) is 7.11 Å². The molecule has 0 aromatic heterocycles. The topological polar surface area (TPSA) is 72.8 Å². The number of hydrogen-bond acceptors (Lipinski definition) is 5. The summed E-state index contributed by atoms with van der Waals surface area (Å²) >= 11 is 0. The van der Waals surface area contributed by atoms with Gasteiger partial charge in [-0.1, -0.05) is 0 Å². The zero-order chi connectivity index (χ0) is 8.85. The maximum absolute atomic E-state index is 10.7. The molecule has 0 fully saturated rings. The van der Waals surface area contributed by atoms with Gasteiger partial charge in [-0.3, -0.25) is 0 Å². The first-order valence-corrected chi connectivity index (χ1v) is 3.73. The number of carbonyl (C=O) groups excluding carboxylic acids is 1. The first kappa shape index (κ1) is 10.5. The Kier molecular flexibility index (Phi) is 4.94. The number of rotatable bonds is 4. The summed E-state index contributed by atoms with van der Waals surface area (Å²) in [5.74, 6) is -0.823. The van der Waals surface area contributed by atoms with E-state index in [-0.39, 0.29) is 0 Å². The van der Waals surface area contributed by atoms with Gasteiger partial charge in [-0.2, -0.15) is 0 Å². The molecule has 64 valence electrons. The van der Waals surface area contributed by atoms with Crippen LogP contribution >= 0.6 is 8.69 Å². The minimum absolute atomic E-state index is 0.823. The molecule has 3 unspecified atom stereocenters. The predicted molar refractivity (Wildman–Crippen MR) is 37.6 cm³/mol. The van der Waals surface area contributed by atoms with Crippen molar-refractivity contribution in [3.63, 3.8) is 0 Å². The van der Waals surface area contributed by atoms with Crippen LogP contribution in [0.5, 0.6) is 0 Å². The molecule has 0 aliphatic rings. The van der Waals surface area contributed by atoms with Gasteiger partial charge in [0.05, 0.1) is 6.10 Å². The van der Waals surface area contributed by atoms with Crippen LogP contribution in [0.3, 0.4) is 0 Å². The van der Waals surface area contributed by atoms with E-state index < -0.39 is 26.9 Å². The van der Waals surface area contributed by atoms with E-state index in [0.29, 0.717) is 0 Å². The minimum atomic E-state index is -1.16. The summed E-state index contributed by atoms with van der Waals surface area (Å²) in [6.45, 7) is 1.38. The maximum atomic E-state index is 10.7. The van der Waals surface area contributed by atoms with Crippen LogP contribution in [0.15, 0.2) is 0 Å². The van der Waals surface area contributed by atoms with E-state index in [1.807, 2.05) is 0 Å². The third-order valence-electron chi connectivity index (χ3n) is 1.07. The molecule has 0 saturated heterocycles. The second-order valence-electron chi connectivity index (χ2n) is 1.90. The molecule has 3 atom stereocenters. The van der Waals surface area contributed by atoms with Crippen molar-refractivity contribution in [3.8, 4) is 0 Å². The van der Waals surface area contributed by atoms with E-state index >= 15 is 0 Å². The van der Waals surface area contributed by atoms with Gasteiger partial charge in [-0.25, -0.2) is 9.32 Å². The molecular weight excluding hydrogens is 171 g/mol. The lowest BCUT2D eigenvalue weighted by Gasteiger charge is -2.11. The van der Waals surface area contributed by atoms with Crippen LogP contribution in [0.4, 0.5) is 0 Å². The standard InChI is InChI=1S/C5H10O5P/c1-3(6)4(9-2)5(7)10-11-8/h3-4,6,11H,1-2H3/q+1. The lowest BCUT2D eigenvalue weighted by molar-refractivity contribution is -0.150. The van der Waals surface area contributed by atoms with Crippen LogP contribution in [0.2, 0.25) is 0 Å². The zero-order valence-electron chi connectivity index (χ0n) is 6.23. The van der Waals surface area contributed by atoms with Gasteiger partial charge in [0.15, 0.2) is 6.10 Å². The van der Waals surface area contributed by atoms with Crippen molar-refractivity contribution in [2.24, 2.45) is 0 Å². The van der Waals surface area contributed by atoms with Crippen molar-refractivity contribution in [1.82, 2.24) is 0 Å². The summed E-state index contributed by atoms with van der Waals surface area (Å²) in [5.41, 5.74) is 0. The molecule has 0 aliphatic heterocycles. The van der Waals surface area contributed by atoms with Gasteiger partial charge in [0.2, 0.25) is 0 Å². The number of hydrogen-bond donors (Lipinski definition) is 1. The summed E-state index contributed by atoms with van der Waals surface area (Å²) in [5, 5.41) is 8.88.